The normalized spacial score (nSPS) is 15.3. The van der Waals surface area contributed by atoms with Gasteiger partial charge in [0.25, 0.3) is 5.69 Å². The molecule has 8 heteroatoms. The lowest BCUT2D eigenvalue weighted by molar-refractivity contribution is -0.384. The summed E-state index contributed by atoms with van der Waals surface area (Å²) in [5.74, 6) is -0.613. The molecule has 0 saturated heterocycles. The minimum absolute atomic E-state index is 0.120. The second-order valence-electron chi connectivity index (χ2n) is 4.39. The summed E-state index contributed by atoms with van der Waals surface area (Å²) in [7, 11) is 0. The van der Waals surface area contributed by atoms with Crippen molar-refractivity contribution >= 4 is 35.0 Å². The average molecular weight is 310 g/mol. The van der Waals surface area contributed by atoms with Crippen molar-refractivity contribution in [3.63, 3.8) is 0 Å². The zero-order valence-corrected chi connectivity index (χ0v) is 12.4. The van der Waals surface area contributed by atoms with Crippen molar-refractivity contribution in [1.29, 1.82) is 0 Å². The first-order valence-corrected chi connectivity index (χ1v) is 7.34. The van der Waals surface area contributed by atoms with Gasteiger partial charge >= 0.3 is 5.97 Å². The smallest absolute Gasteiger partial charge is 0.328 e. The summed E-state index contributed by atoms with van der Waals surface area (Å²) in [6.07, 6.45) is 0. The largest absolute Gasteiger partial charge is 0.464 e. The van der Waals surface area contributed by atoms with Gasteiger partial charge in [0, 0.05) is 17.0 Å². The molecule has 0 spiro atoms. The van der Waals surface area contributed by atoms with Crippen LogP contribution in [-0.2, 0) is 14.3 Å². The van der Waals surface area contributed by atoms with Gasteiger partial charge in [0.15, 0.2) is 0 Å². The fourth-order valence-electron chi connectivity index (χ4n) is 2.07. The van der Waals surface area contributed by atoms with E-state index in [4.69, 9.17) is 4.74 Å². The molecule has 0 N–H and O–H groups in total. The number of amides is 1. The molecule has 21 heavy (non-hydrogen) atoms. The van der Waals surface area contributed by atoms with E-state index in [1.807, 2.05) is 0 Å². The van der Waals surface area contributed by atoms with Crippen LogP contribution in [0.4, 0.5) is 11.4 Å². The topological polar surface area (TPSA) is 89.8 Å². The standard InChI is InChI=1S/C13H14N2O5S/c1-3-20-13(17)8(2)14-10-6-9(15(18)19)4-5-11(10)21-7-12(14)16/h4-6,8H,3,7H2,1-2H3/t8-/m0/s1. The average Bonchev–Trinajstić information content (AvgIpc) is 2.46. The molecule has 0 saturated carbocycles. The predicted molar refractivity (Wildman–Crippen MR) is 77.4 cm³/mol. The highest BCUT2D eigenvalue weighted by Crippen LogP contribution is 2.38. The zero-order chi connectivity index (χ0) is 15.6. The van der Waals surface area contributed by atoms with Crippen LogP contribution in [0.15, 0.2) is 23.1 Å². The Kier molecular flexibility index (Phi) is 4.46. The van der Waals surface area contributed by atoms with Gasteiger partial charge in [-0.15, -0.1) is 11.8 Å². The van der Waals surface area contributed by atoms with Gasteiger partial charge in [-0.3, -0.25) is 19.8 Å². The summed E-state index contributed by atoms with van der Waals surface area (Å²) in [5, 5.41) is 10.9. The highest BCUT2D eigenvalue weighted by Gasteiger charge is 2.34. The van der Waals surface area contributed by atoms with Crippen molar-refractivity contribution in [3.8, 4) is 0 Å². The van der Waals surface area contributed by atoms with E-state index >= 15 is 0 Å². The Morgan fingerprint density at radius 2 is 2.29 bits per heavy atom. The molecule has 0 unspecified atom stereocenters. The van der Waals surface area contributed by atoms with Gasteiger partial charge in [-0.1, -0.05) is 0 Å². The SMILES string of the molecule is CCOC(=O)[C@H](C)N1C(=O)CSc2ccc([N+](=O)[O-])cc21. The van der Waals surface area contributed by atoms with Gasteiger partial charge < -0.3 is 4.74 Å². The monoisotopic (exact) mass is 310 g/mol. The maximum Gasteiger partial charge on any atom is 0.328 e. The van der Waals surface area contributed by atoms with Gasteiger partial charge in [-0.2, -0.15) is 0 Å². The number of nitro groups is 1. The third kappa shape index (κ3) is 2.99. The Morgan fingerprint density at radius 1 is 1.57 bits per heavy atom. The number of carbonyl (C=O) groups excluding carboxylic acids is 2. The number of hydrogen-bond donors (Lipinski definition) is 0. The minimum Gasteiger partial charge on any atom is -0.464 e. The Labute approximate surface area is 125 Å². The molecule has 0 aliphatic carbocycles. The lowest BCUT2D eigenvalue weighted by atomic mass is 10.2. The molecule has 2 rings (SSSR count). The van der Waals surface area contributed by atoms with Crippen LogP contribution in [0.2, 0.25) is 0 Å². The number of fused-ring (bicyclic) bond motifs is 1. The molecule has 1 heterocycles. The number of ether oxygens (including phenoxy) is 1. The summed E-state index contributed by atoms with van der Waals surface area (Å²) >= 11 is 1.30. The Morgan fingerprint density at radius 3 is 2.90 bits per heavy atom. The molecule has 0 radical (unpaired) electrons. The zero-order valence-electron chi connectivity index (χ0n) is 11.6. The van der Waals surface area contributed by atoms with Crippen molar-refractivity contribution < 1.29 is 19.2 Å². The van der Waals surface area contributed by atoms with E-state index in [-0.39, 0.29) is 24.0 Å². The minimum atomic E-state index is -0.820. The number of rotatable bonds is 4. The first-order valence-electron chi connectivity index (χ1n) is 6.35. The lowest BCUT2D eigenvalue weighted by Gasteiger charge is -2.32. The third-order valence-electron chi connectivity index (χ3n) is 3.05. The third-order valence-corrected chi connectivity index (χ3v) is 4.10. The van der Waals surface area contributed by atoms with E-state index in [2.05, 4.69) is 0 Å². The molecule has 1 amide bonds. The quantitative estimate of drug-likeness (QED) is 0.480. The van der Waals surface area contributed by atoms with E-state index in [1.165, 1.54) is 28.8 Å². The molecule has 1 aliphatic rings. The highest BCUT2D eigenvalue weighted by atomic mass is 32.2. The fourth-order valence-corrected chi connectivity index (χ4v) is 2.95. The Balaban J connectivity index is 2.43. The first kappa shape index (κ1) is 15.3. The van der Waals surface area contributed by atoms with Crippen LogP contribution in [0.3, 0.4) is 0 Å². The van der Waals surface area contributed by atoms with Gasteiger partial charge in [0.1, 0.15) is 6.04 Å². The molecule has 1 aromatic rings. The summed E-state index contributed by atoms with van der Waals surface area (Å²) in [4.78, 5) is 36.3. The maximum atomic E-state index is 12.1. The number of benzene rings is 1. The highest BCUT2D eigenvalue weighted by molar-refractivity contribution is 8.00. The van der Waals surface area contributed by atoms with Crippen molar-refractivity contribution in [1.82, 2.24) is 0 Å². The molecule has 7 nitrogen and oxygen atoms in total. The van der Waals surface area contributed by atoms with Crippen LogP contribution in [0, 0.1) is 10.1 Å². The van der Waals surface area contributed by atoms with Crippen molar-refractivity contribution in [2.24, 2.45) is 0 Å². The molecule has 1 aliphatic heterocycles. The van der Waals surface area contributed by atoms with E-state index in [0.29, 0.717) is 5.69 Å². The van der Waals surface area contributed by atoms with E-state index in [9.17, 15) is 19.7 Å². The van der Waals surface area contributed by atoms with Gasteiger partial charge in [0.2, 0.25) is 5.91 Å². The molecule has 1 aromatic carbocycles. The number of anilines is 1. The van der Waals surface area contributed by atoms with Crippen LogP contribution in [0.5, 0.6) is 0 Å². The van der Waals surface area contributed by atoms with Crippen LogP contribution in [0.1, 0.15) is 13.8 Å². The summed E-state index contributed by atoms with van der Waals surface area (Å²) in [6.45, 7) is 3.44. The van der Waals surface area contributed by atoms with Crippen molar-refractivity contribution in [2.45, 2.75) is 24.8 Å². The molecule has 0 fully saturated rings. The van der Waals surface area contributed by atoms with E-state index in [1.54, 1.807) is 19.9 Å². The molecule has 0 aromatic heterocycles. The van der Waals surface area contributed by atoms with Gasteiger partial charge in [-0.05, 0) is 19.9 Å². The van der Waals surface area contributed by atoms with Crippen molar-refractivity contribution in [2.75, 3.05) is 17.3 Å². The van der Waals surface area contributed by atoms with Crippen LogP contribution in [-0.4, -0.2) is 35.2 Å². The van der Waals surface area contributed by atoms with Crippen LogP contribution >= 0.6 is 11.8 Å². The van der Waals surface area contributed by atoms with Crippen molar-refractivity contribution in [3.05, 3.63) is 28.3 Å². The molecule has 112 valence electrons. The number of carbonyl (C=O) groups is 2. The summed E-state index contributed by atoms with van der Waals surface area (Å²) < 4.78 is 4.92. The second kappa shape index (κ2) is 6.13. The van der Waals surface area contributed by atoms with E-state index < -0.39 is 16.9 Å². The van der Waals surface area contributed by atoms with Gasteiger partial charge in [0.05, 0.1) is 23.0 Å². The number of nitrogens with zero attached hydrogens (tertiary/aromatic N) is 2. The predicted octanol–water partition coefficient (Wildman–Crippen LogP) is 1.99. The first-order chi connectivity index (χ1) is 9.95. The molecular weight excluding hydrogens is 296 g/mol. The maximum absolute atomic E-state index is 12.1. The number of hydrogen-bond acceptors (Lipinski definition) is 6. The van der Waals surface area contributed by atoms with Gasteiger partial charge in [-0.25, -0.2) is 4.79 Å². The summed E-state index contributed by atoms with van der Waals surface area (Å²) in [5.41, 5.74) is 0.260. The number of thioether (sulfide) groups is 1. The van der Waals surface area contributed by atoms with Crippen LogP contribution in [0.25, 0.3) is 0 Å². The number of non-ortho nitro benzene ring substituents is 1. The molecule has 1 atom stereocenters. The summed E-state index contributed by atoms with van der Waals surface area (Å²) in [6, 6.07) is 3.47. The van der Waals surface area contributed by atoms with Crippen LogP contribution < -0.4 is 4.90 Å². The Bertz CT molecular complexity index is 604. The molecular formula is C13H14N2O5S. The fraction of sp³-hybridized carbons (Fsp3) is 0.385. The Hall–Kier alpha value is -2.09. The molecule has 0 bridgehead atoms. The van der Waals surface area contributed by atoms with E-state index in [0.717, 1.165) is 4.90 Å². The second-order valence-corrected chi connectivity index (χ2v) is 5.41. The number of nitro benzene ring substituents is 1. The lowest BCUT2D eigenvalue weighted by Crippen LogP contribution is -2.46. The number of esters is 1.